The highest BCUT2D eigenvalue weighted by atomic mass is 19.1. The lowest BCUT2D eigenvalue weighted by molar-refractivity contribution is 0.0729. The number of amides is 1. The van der Waals surface area contributed by atoms with Gasteiger partial charge in [0.1, 0.15) is 17.3 Å². The van der Waals surface area contributed by atoms with Gasteiger partial charge in [-0.05, 0) is 105 Å². The Hall–Kier alpha value is -5.82. The molecule has 3 aromatic carbocycles. The minimum atomic E-state index is -0.533. The van der Waals surface area contributed by atoms with Crippen molar-refractivity contribution < 1.29 is 18.3 Å². The van der Waals surface area contributed by atoms with Crippen molar-refractivity contribution in [3.63, 3.8) is 0 Å². The fourth-order valence-electron chi connectivity index (χ4n) is 8.32. The predicted molar refractivity (Wildman–Crippen MR) is 199 cm³/mol. The van der Waals surface area contributed by atoms with Crippen molar-refractivity contribution >= 4 is 27.7 Å². The molecule has 2 aliphatic heterocycles. The number of aromatic nitrogens is 7. The van der Waals surface area contributed by atoms with Crippen molar-refractivity contribution in [2.75, 3.05) is 19.8 Å². The molecule has 0 atom stereocenters. The Kier molecular flexibility index (Phi) is 7.52. The van der Waals surface area contributed by atoms with Gasteiger partial charge in [0.05, 0.1) is 46.8 Å². The molecule has 0 radical (unpaired) electrons. The highest BCUT2D eigenvalue weighted by Crippen LogP contribution is 2.38. The van der Waals surface area contributed by atoms with E-state index in [1.54, 1.807) is 53.9 Å². The summed E-state index contributed by atoms with van der Waals surface area (Å²) in [6, 6.07) is 15.3. The number of carbonyl (C=O) groups excluding carboxylic acids is 1. The van der Waals surface area contributed by atoms with Crippen molar-refractivity contribution in [1.82, 2.24) is 38.6 Å². The molecular weight excluding hydrogens is 690 g/mol. The van der Waals surface area contributed by atoms with Crippen molar-refractivity contribution in [3.05, 3.63) is 123 Å². The zero-order valence-corrected chi connectivity index (χ0v) is 30.0. The van der Waals surface area contributed by atoms with Gasteiger partial charge in [0.25, 0.3) is 5.91 Å². The van der Waals surface area contributed by atoms with Gasteiger partial charge in [0.15, 0.2) is 5.82 Å². The minimum Gasteiger partial charge on any atom is -0.381 e. The highest BCUT2D eigenvalue weighted by molar-refractivity contribution is 5.98. The summed E-state index contributed by atoms with van der Waals surface area (Å²) in [5, 5.41) is 10.7. The molecule has 3 aliphatic rings. The molecule has 274 valence electrons. The quantitative estimate of drug-likeness (QED) is 0.199. The van der Waals surface area contributed by atoms with Gasteiger partial charge < -0.3 is 14.6 Å². The number of hydrogen-bond acceptors (Lipinski definition) is 5. The van der Waals surface area contributed by atoms with E-state index in [1.165, 1.54) is 27.1 Å². The summed E-state index contributed by atoms with van der Waals surface area (Å²) in [4.78, 5) is 33.6. The molecule has 13 heteroatoms. The van der Waals surface area contributed by atoms with Gasteiger partial charge in [-0.1, -0.05) is 6.07 Å². The molecule has 0 spiro atoms. The Labute approximate surface area is 308 Å². The third-order valence-corrected chi connectivity index (χ3v) is 11.4. The standard InChI is InChI=1S/C41H38F2N8O3/c1-23-17-29(18-24(2)37(23)42)51-39(49-14-13-48(41(49)53)36-8-7-35-30(38(36)43)21-44-50(35)28-4-5-28)31-22-47(12-9-33(31)46-51)40(52)34-20-27-19-26(3-6-32(27)45-34)25-10-15-54-16-11-25/h3,6-8,13-14,17-21,25,28,45H,4-5,9-12,15-16,22H2,1-2H3. The maximum atomic E-state index is 16.1. The monoisotopic (exact) mass is 728 g/mol. The first-order chi connectivity index (χ1) is 26.2. The number of nitrogens with zero attached hydrogens (tertiary/aromatic N) is 7. The molecule has 10 rings (SSSR count). The molecule has 0 bridgehead atoms. The smallest absolute Gasteiger partial charge is 0.338 e. The molecule has 1 N–H and O–H groups in total. The van der Waals surface area contributed by atoms with Crippen LogP contribution in [-0.4, -0.2) is 64.2 Å². The van der Waals surface area contributed by atoms with Gasteiger partial charge in [-0.2, -0.15) is 10.2 Å². The van der Waals surface area contributed by atoms with Crippen molar-refractivity contribution in [3.8, 4) is 17.2 Å². The maximum Gasteiger partial charge on any atom is 0.338 e. The molecule has 1 saturated heterocycles. The number of rotatable bonds is 6. The second-order valence-corrected chi connectivity index (χ2v) is 14.9. The number of ether oxygens (including phenoxy) is 1. The second-order valence-electron chi connectivity index (χ2n) is 14.9. The molecule has 6 heterocycles. The Bertz CT molecular complexity index is 2680. The van der Waals surface area contributed by atoms with Gasteiger partial charge in [-0.15, -0.1) is 0 Å². The van der Waals surface area contributed by atoms with Crippen LogP contribution in [0.25, 0.3) is 39.0 Å². The van der Waals surface area contributed by atoms with Crippen LogP contribution < -0.4 is 5.69 Å². The van der Waals surface area contributed by atoms with E-state index >= 15 is 4.39 Å². The first kappa shape index (κ1) is 32.8. The molecule has 0 unspecified atom stereocenters. The van der Waals surface area contributed by atoms with Crippen molar-refractivity contribution in [1.29, 1.82) is 0 Å². The fraction of sp³-hybridized carbons (Fsp3) is 0.317. The van der Waals surface area contributed by atoms with Crippen LogP contribution in [0.4, 0.5) is 8.78 Å². The van der Waals surface area contributed by atoms with Crippen LogP contribution in [0.2, 0.25) is 0 Å². The highest BCUT2D eigenvalue weighted by Gasteiger charge is 2.32. The second kappa shape index (κ2) is 12.4. The average Bonchev–Trinajstić information content (AvgIpc) is 3.47. The van der Waals surface area contributed by atoms with Crippen LogP contribution in [0.3, 0.4) is 0 Å². The lowest BCUT2D eigenvalue weighted by Gasteiger charge is -2.26. The van der Waals surface area contributed by atoms with Crippen LogP contribution >= 0.6 is 0 Å². The Morgan fingerprint density at radius 2 is 1.70 bits per heavy atom. The lowest BCUT2D eigenvalue weighted by Crippen LogP contribution is -2.36. The summed E-state index contributed by atoms with van der Waals surface area (Å²) in [6.45, 7) is 5.49. The van der Waals surface area contributed by atoms with E-state index in [1.807, 2.05) is 16.8 Å². The Balaban J connectivity index is 1.04. The summed E-state index contributed by atoms with van der Waals surface area (Å²) in [6.07, 6.45) is 9.06. The van der Waals surface area contributed by atoms with E-state index in [0.29, 0.717) is 63.7 Å². The first-order valence-corrected chi connectivity index (χ1v) is 18.6. The molecule has 2 fully saturated rings. The number of aryl methyl sites for hydroxylation is 2. The van der Waals surface area contributed by atoms with E-state index < -0.39 is 11.5 Å². The Morgan fingerprint density at radius 3 is 2.48 bits per heavy atom. The topological polar surface area (TPSA) is 108 Å². The molecule has 4 aromatic heterocycles. The van der Waals surface area contributed by atoms with Crippen LogP contribution in [0.5, 0.6) is 0 Å². The van der Waals surface area contributed by atoms with Crippen molar-refractivity contribution in [2.24, 2.45) is 0 Å². The predicted octanol–water partition coefficient (Wildman–Crippen LogP) is 6.97. The lowest BCUT2D eigenvalue weighted by atomic mass is 9.91. The Morgan fingerprint density at radius 1 is 0.926 bits per heavy atom. The van der Waals surface area contributed by atoms with Gasteiger partial charge in [-0.3, -0.25) is 18.6 Å². The number of aromatic amines is 1. The summed E-state index contributed by atoms with van der Waals surface area (Å²) in [5.41, 5.74) is 5.77. The largest absolute Gasteiger partial charge is 0.381 e. The molecule has 54 heavy (non-hydrogen) atoms. The number of fused-ring (bicyclic) bond motifs is 3. The third-order valence-electron chi connectivity index (χ3n) is 11.4. The van der Waals surface area contributed by atoms with Crippen LogP contribution in [0, 0.1) is 25.5 Å². The number of hydrogen-bond donors (Lipinski definition) is 1. The number of nitrogens with one attached hydrogen (secondary N) is 1. The average molecular weight is 729 g/mol. The van der Waals surface area contributed by atoms with Crippen LogP contribution in [0.15, 0.2) is 71.9 Å². The van der Waals surface area contributed by atoms with E-state index in [-0.39, 0.29) is 30.0 Å². The van der Waals surface area contributed by atoms with E-state index in [9.17, 15) is 14.0 Å². The number of imidazole rings is 1. The zero-order valence-electron chi connectivity index (χ0n) is 30.0. The van der Waals surface area contributed by atoms with E-state index in [0.717, 1.165) is 55.5 Å². The number of carbonyl (C=O) groups is 1. The third kappa shape index (κ3) is 5.24. The fourth-order valence-corrected chi connectivity index (χ4v) is 8.32. The van der Waals surface area contributed by atoms with Gasteiger partial charge in [0, 0.05) is 55.0 Å². The summed E-state index contributed by atoms with van der Waals surface area (Å²) in [7, 11) is 0. The van der Waals surface area contributed by atoms with Crippen molar-refractivity contribution in [2.45, 2.75) is 64.5 Å². The SMILES string of the molecule is Cc1cc(-n2nc3c(c2-n2ccn(-c4ccc5c(cnn5C5CC5)c4F)c2=O)CN(C(=O)c2cc4cc(C5CCOCC5)ccc4[nH]2)CC3)cc(C)c1F. The number of H-pyrrole nitrogens is 1. The molecule has 1 saturated carbocycles. The van der Waals surface area contributed by atoms with Gasteiger partial charge in [0.2, 0.25) is 0 Å². The zero-order chi connectivity index (χ0) is 36.8. The van der Waals surface area contributed by atoms with Crippen LogP contribution in [0.1, 0.15) is 76.1 Å². The molecular formula is C41H38F2N8O3. The van der Waals surface area contributed by atoms with Gasteiger partial charge in [-0.25, -0.2) is 18.3 Å². The molecule has 1 aliphatic carbocycles. The maximum absolute atomic E-state index is 16.1. The minimum absolute atomic E-state index is 0.102. The van der Waals surface area contributed by atoms with E-state index in [2.05, 4.69) is 22.2 Å². The molecule has 7 aromatic rings. The summed E-state index contributed by atoms with van der Waals surface area (Å²) < 4.78 is 42.7. The summed E-state index contributed by atoms with van der Waals surface area (Å²) in [5.74, 6) is -0.160. The normalized spacial score (nSPS) is 16.5. The molecule has 1 amide bonds. The molecule has 11 nitrogen and oxygen atoms in total. The first-order valence-electron chi connectivity index (χ1n) is 18.6. The summed E-state index contributed by atoms with van der Waals surface area (Å²) >= 11 is 0. The van der Waals surface area contributed by atoms with Crippen LogP contribution in [-0.2, 0) is 17.7 Å². The number of halogens is 2. The van der Waals surface area contributed by atoms with Gasteiger partial charge >= 0.3 is 5.69 Å². The van der Waals surface area contributed by atoms with E-state index in [4.69, 9.17) is 9.84 Å². The number of benzene rings is 3.